The molecule has 3 nitrogen and oxygen atoms in total. The van der Waals surface area contributed by atoms with Crippen LogP contribution in [0.2, 0.25) is 0 Å². The van der Waals surface area contributed by atoms with Crippen molar-refractivity contribution < 1.29 is 10.2 Å². The molecular weight excluding hydrogens is 190 g/mol. The summed E-state index contributed by atoms with van der Waals surface area (Å²) in [5.41, 5.74) is 2.48. The maximum absolute atomic E-state index is 9.89. The Hall–Kier alpha value is -0.900. The van der Waals surface area contributed by atoms with Gasteiger partial charge in [0.2, 0.25) is 0 Å². The lowest BCUT2D eigenvalue weighted by molar-refractivity contribution is 0.0691. The molecule has 0 amide bonds. The van der Waals surface area contributed by atoms with Gasteiger partial charge in [-0.2, -0.15) is 0 Å². The predicted octanol–water partition coefficient (Wildman–Crippen LogP) is 0.443. The molecule has 1 aliphatic carbocycles. The predicted molar refractivity (Wildman–Crippen MR) is 58.5 cm³/mol. The summed E-state index contributed by atoms with van der Waals surface area (Å²) >= 11 is 0. The van der Waals surface area contributed by atoms with E-state index in [-0.39, 0.29) is 6.04 Å². The topological polar surface area (TPSA) is 52.5 Å². The average molecular weight is 207 g/mol. The van der Waals surface area contributed by atoms with Gasteiger partial charge in [0.25, 0.3) is 0 Å². The zero-order chi connectivity index (χ0) is 10.8. The molecule has 1 aliphatic rings. The van der Waals surface area contributed by atoms with Crippen LogP contribution in [0.15, 0.2) is 24.3 Å². The maximum Gasteiger partial charge on any atom is 0.102 e. The van der Waals surface area contributed by atoms with Crippen molar-refractivity contribution in [2.75, 3.05) is 0 Å². The van der Waals surface area contributed by atoms with Gasteiger partial charge in [0.15, 0.2) is 0 Å². The molecule has 82 valence electrons. The molecular formula is C12H17NO2. The van der Waals surface area contributed by atoms with Crippen molar-refractivity contribution in [1.29, 1.82) is 0 Å². The van der Waals surface area contributed by atoms with Gasteiger partial charge in [-0.05, 0) is 24.5 Å². The number of hydrogen-bond donors (Lipinski definition) is 3. The third-order valence-corrected chi connectivity index (χ3v) is 2.91. The highest BCUT2D eigenvalue weighted by molar-refractivity contribution is 5.31. The van der Waals surface area contributed by atoms with E-state index in [2.05, 4.69) is 17.4 Å². The Balaban J connectivity index is 2.14. The Labute approximate surface area is 89.8 Å². The Morgan fingerprint density at radius 3 is 2.47 bits per heavy atom. The molecule has 3 heteroatoms. The molecule has 0 aliphatic heterocycles. The molecule has 0 saturated heterocycles. The van der Waals surface area contributed by atoms with Crippen LogP contribution in [0.25, 0.3) is 0 Å². The zero-order valence-corrected chi connectivity index (χ0v) is 8.85. The molecule has 3 N–H and O–H groups in total. The quantitative estimate of drug-likeness (QED) is 0.617. The zero-order valence-electron chi connectivity index (χ0n) is 8.85. The summed E-state index contributed by atoms with van der Waals surface area (Å²) in [4.78, 5) is 0. The van der Waals surface area contributed by atoms with E-state index in [1.54, 1.807) is 6.92 Å². The number of fused-ring (bicyclic) bond motifs is 1. The summed E-state index contributed by atoms with van der Waals surface area (Å²) in [6.07, 6.45) is 0.465. The molecule has 0 spiro atoms. The molecule has 0 bridgehead atoms. The first-order chi connectivity index (χ1) is 7.16. The van der Waals surface area contributed by atoms with E-state index >= 15 is 0 Å². The molecule has 0 radical (unpaired) electrons. The van der Waals surface area contributed by atoms with E-state index in [1.807, 2.05) is 12.1 Å². The minimum absolute atomic E-state index is 0.0418. The van der Waals surface area contributed by atoms with Crippen molar-refractivity contribution in [2.24, 2.45) is 0 Å². The van der Waals surface area contributed by atoms with Crippen LogP contribution in [-0.2, 0) is 12.8 Å². The number of hydrogen-bond acceptors (Lipinski definition) is 3. The molecule has 2 rings (SSSR count). The Morgan fingerprint density at radius 1 is 1.27 bits per heavy atom. The number of aliphatic hydroxyl groups is 2. The lowest BCUT2D eigenvalue weighted by atomic mass is 9.86. The molecule has 0 saturated carbocycles. The van der Waals surface area contributed by atoms with Crippen LogP contribution in [0.4, 0.5) is 0 Å². The second-order valence-corrected chi connectivity index (χ2v) is 4.19. The van der Waals surface area contributed by atoms with Crippen LogP contribution >= 0.6 is 0 Å². The number of aliphatic hydroxyl groups excluding tert-OH is 2. The van der Waals surface area contributed by atoms with Crippen LogP contribution in [0, 0.1) is 0 Å². The molecule has 1 aromatic carbocycles. The molecule has 1 aromatic rings. The van der Waals surface area contributed by atoms with Gasteiger partial charge in [-0.25, -0.2) is 0 Å². The van der Waals surface area contributed by atoms with E-state index in [9.17, 15) is 10.2 Å². The molecule has 0 aromatic heterocycles. The SMILES string of the molecule is CC(O)NC1Cc2ccccc2CC1O. The summed E-state index contributed by atoms with van der Waals surface area (Å²) in [7, 11) is 0. The second-order valence-electron chi connectivity index (χ2n) is 4.19. The molecule has 15 heavy (non-hydrogen) atoms. The van der Waals surface area contributed by atoms with Crippen molar-refractivity contribution in [3.05, 3.63) is 35.4 Å². The summed E-state index contributed by atoms with van der Waals surface area (Å²) in [5, 5.41) is 22.1. The largest absolute Gasteiger partial charge is 0.391 e. The maximum atomic E-state index is 9.89. The lowest BCUT2D eigenvalue weighted by Crippen LogP contribution is -2.48. The first-order valence-electron chi connectivity index (χ1n) is 5.36. The first-order valence-corrected chi connectivity index (χ1v) is 5.36. The molecule has 3 unspecified atom stereocenters. The van der Waals surface area contributed by atoms with Gasteiger partial charge in [-0.15, -0.1) is 0 Å². The van der Waals surface area contributed by atoms with Crippen molar-refractivity contribution in [3.63, 3.8) is 0 Å². The van der Waals surface area contributed by atoms with Gasteiger partial charge < -0.3 is 10.2 Å². The lowest BCUT2D eigenvalue weighted by Gasteiger charge is -2.31. The van der Waals surface area contributed by atoms with Gasteiger partial charge in [0, 0.05) is 12.5 Å². The molecule has 0 heterocycles. The fourth-order valence-electron chi connectivity index (χ4n) is 2.18. The van der Waals surface area contributed by atoms with Gasteiger partial charge in [0.1, 0.15) is 6.23 Å². The van der Waals surface area contributed by atoms with Crippen LogP contribution in [0.1, 0.15) is 18.1 Å². The van der Waals surface area contributed by atoms with Crippen LogP contribution in [0.5, 0.6) is 0 Å². The van der Waals surface area contributed by atoms with Crippen LogP contribution in [-0.4, -0.2) is 28.6 Å². The molecule has 0 fully saturated rings. The number of nitrogens with one attached hydrogen (secondary N) is 1. The highest BCUT2D eigenvalue weighted by atomic mass is 16.3. The van der Waals surface area contributed by atoms with Gasteiger partial charge in [0.05, 0.1) is 6.10 Å². The van der Waals surface area contributed by atoms with E-state index in [4.69, 9.17) is 0 Å². The molecule has 3 atom stereocenters. The summed E-state index contributed by atoms with van der Waals surface area (Å²) in [6, 6.07) is 8.10. The van der Waals surface area contributed by atoms with Gasteiger partial charge in [-0.1, -0.05) is 24.3 Å². The monoisotopic (exact) mass is 207 g/mol. The van der Waals surface area contributed by atoms with Gasteiger partial charge >= 0.3 is 0 Å². The van der Waals surface area contributed by atoms with Crippen molar-refractivity contribution in [3.8, 4) is 0 Å². The Kier molecular flexibility index (Phi) is 3.05. The number of benzene rings is 1. The fraction of sp³-hybridized carbons (Fsp3) is 0.500. The Morgan fingerprint density at radius 2 is 1.87 bits per heavy atom. The van der Waals surface area contributed by atoms with Crippen molar-refractivity contribution in [1.82, 2.24) is 5.32 Å². The summed E-state index contributed by atoms with van der Waals surface area (Å²) in [5.74, 6) is 0. The highest BCUT2D eigenvalue weighted by Gasteiger charge is 2.26. The minimum atomic E-state index is -0.574. The van der Waals surface area contributed by atoms with E-state index in [1.165, 1.54) is 11.1 Å². The van der Waals surface area contributed by atoms with Crippen molar-refractivity contribution >= 4 is 0 Å². The normalized spacial score (nSPS) is 27.1. The standard InChI is InChI=1S/C12H17NO2/c1-8(14)13-11-6-9-4-2-3-5-10(9)7-12(11)15/h2-5,8,11-15H,6-7H2,1H3. The van der Waals surface area contributed by atoms with Crippen LogP contribution < -0.4 is 5.32 Å². The third-order valence-electron chi connectivity index (χ3n) is 2.91. The van der Waals surface area contributed by atoms with E-state index < -0.39 is 12.3 Å². The second kappa shape index (κ2) is 4.31. The minimum Gasteiger partial charge on any atom is -0.391 e. The fourth-order valence-corrected chi connectivity index (χ4v) is 2.18. The smallest absolute Gasteiger partial charge is 0.102 e. The first kappa shape index (κ1) is 10.6. The Bertz CT molecular complexity index is 338. The third kappa shape index (κ3) is 2.37. The van der Waals surface area contributed by atoms with E-state index in [0.717, 1.165) is 6.42 Å². The highest BCUT2D eigenvalue weighted by Crippen LogP contribution is 2.21. The van der Waals surface area contributed by atoms with Gasteiger partial charge in [-0.3, -0.25) is 5.32 Å². The van der Waals surface area contributed by atoms with Crippen LogP contribution in [0.3, 0.4) is 0 Å². The summed E-state index contributed by atoms with van der Waals surface area (Å²) in [6.45, 7) is 1.67. The van der Waals surface area contributed by atoms with Crippen molar-refractivity contribution in [2.45, 2.75) is 38.1 Å². The van der Waals surface area contributed by atoms with E-state index in [0.29, 0.717) is 6.42 Å². The number of rotatable bonds is 2. The average Bonchev–Trinajstić information content (AvgIpc) is 2.18. The summed E-state index contributed by atoms with van der Waals surface area (Å²) < 4.78 is 0.